The molecule has 0 fully saturated rings. The van der Waals surface area contributed by atoms with Crippen molar-refractivity contribution in [3.05, 3.63) is 44.8 Å². The molecule has 0 radical (unpaired) electrons. The molecule has 0 aliphatic rings. The van der Waals surface area contributed by atoms with Crippen molar-refractivity contribution in [2.24, 2.45) is 5.92 Å². The van der Waals surface area contributed by atoms with E-state index in [0.29, 0.717) is 11.4 Å². The molecule has 0 aliphatic heterocycles. The number of carbonyl (C=O) groups excluding carboxylic acids is 2. The van der Waals surface area contributed by atoms with Crippen molar-refractivity contribution in [3.8, 4) is 0 Å². The summed E-state index contributed by atoms with van der Waals surface area (Å²) < 4.78 is 0. The van der Waals surface area contributed by atoms with Gasteiger partial charge in [0.25, 0.3) is 5.91 Å². The second kappa shape index (κ2) is 9.12. The van der Waals surface area contributed by atoms with Gasteiger partial charge >= 0.3 is 0 Å². The van der Waals surface area contributed by atoms with Crippen molar-refractivity contribution >= 4 is 34.5 Å². The first kappa shape index (κ1) is 19.6. The van der Waals surface area contributed by atoms with E-state index in [1.807, 2.05) is 44.8 Å². The summed E-state index contributed by atoms with van der Waals surface area (Å²) in [5.74, 6) is -0.351. The molecule has 2 N–H and O–H groups in total. The third-order valence-corrected chi connectivity index (χ3v) is 5.57. The molecule has 0 aromatic carbocycles. The van der Waals surface area contributed by atoms with E-state index in [0.717, 1.165) is 0 Å². The maximum Gasteiger partial charge on any atom is 0.262 e. The van der Waals surface area contributed by atoms with Crippen LogP contribution in [0.4, 0.5) is 0 Å². The van der Waals surface area contributed by atoms with E-state index in [1.54, 1.807) is 17.4 Å². The molecule has 136 valence electrons. The Morgan fingerprint density at radius 2 is 1.96 bits per heavy atom. The second-order valence-electron chi connectivity index (χ2n) is 6.45. The van der Waals surface area contributed by atoms with Crippen LogP contribution < -0.4 is 10.6 Å². The molecular formula is C18H25N3O2S2. The lowest BCUT2D eigenvalue weighted by molar-refractivity contribution is -0.124. The fourth-order valence-electron chi connectivity index (χ4n) is 2.53. The number of nitrogens with one attached hydrogen (secondary N) is 2. The SMILES string of the molecule is CC(C)C(NC(=O)c1cccs1)C(=O)NCC(c1ccsc1)N(C)C. The van der Waals surface area contributed by atoms with E-state index in [2.05, 4.69) is 27.0 Å². The first-order valence-corrected chi connectivity index (χ1v) is 10.0. The van der Waals surface area contributed by atoms with Gasteiger partial charge in [-0.15, -0.1) is 11.3 Å². The van der Waals surface area contributed by atoms with Crippen LogP contribution in [0, 0.1) is 5.92 Å². The van der Waals surface area contributed by atoms with Gasteiger partial charge in [-0.25, -0.2) is 0 Å². The van der Waals surface area contributed by atoms with E-state index in [-0.39, 0.29) is 23.8 Å². The van der Waals surface area contributed by atoms with Crippen molar-refractivity contribution < 1.29 is 9.59 Å². The van der Waals surface area contributed by atoms with Crippen LogP contribution in [0.25, 0.3) is 0 Å². The second-order valence-corrected chi connectivity index (χ2v) is 8.18. The smallest absolute Gasteiger partial charge is 0.262 e. The molecule has 7 heteroatoms. The molecule has 5 nitrogen and oxygen atoms in total. The zero-order chi connectivity index (χ0) is 18.4. The Hall–Kier alpha value is -1.70. The highest BCUT2D eigenvalue weighted by Crippen LogP contribution is 2.20. The third kappa shape index (κ3) is 5.39. The number of likely N-dealkylation sites (N-methyl/N-ethyl adjacent to an activating group) is 1. The number of hydrogen-bond donors (Lipinski definition) is 2. The van der Waals surface area contributed by atoms with Gasteiger partial charge in [0.15, 0.2) is 0 Å². The van der Waals surface area contributed by atoms with Crippen molar-refractivity contribution in [1.29, 1.82) is 0 Å². The maximum atomic E-state index is 12.6. The van der Waals surface area contributed by atoms with Crippen LogP contribution in [0.15, 0.2) is 34.3 Å². The molecule has 2 aromatic rings. The van der Waals surface area contributed by atoms with Gasteiger partial charge < -0.3 is 15.5 Å². The van der Waals surface area contributed by atoms with Crippen molar-refractivity contribution in [1.82, 2.24) is 15.5 Å². The predicted molar refractivity (Wildman–Crippen MR) is 104 cm³/mol. The Balaban J connectivity index is 1.99. The predicted octanol–water partition coefficient (Wildman–Crippen LogP) is 2.98. The van der Waals surface area contributed by atoms with Crippen molar-refractivity contribution in [3.63, 3.8) is 0 Å². The Morgan fingerprint density at radius 1 is 1.20 bits per heavy atom. The molecule has 2 heterocycles. The summed E-state index contributed by atoms with van der Waals surface area (Å²) in [5.41, 5.74) is 1.18. The van der Waals surface area contributed by atoms with E-state index in [4.69, 9.17) is 0 Å². The Kier molecular flexibility index (Phi) is 7.16. The van der Waals surface area contributed by atoms with Crippen LogP contribution in [-0.2, 0) is 4.79 Å². The number of hydrogen-bond acceptors (Lipinski definition) is 5. The molecule has 2 aromatic heterocycles. The summed E-state index contributed by atoms with van der Waals surface area (Å²) in [6.45, 7) is 4.36. The molecule has 2 atom stereocenters. The van der Waals surface area contributed by atoms with Crippen molar-refractivity contribution in [2.45, 2.75) is 25.9 Å². The quantitative estimate of drug-likeness (QED) is 0.741. The van der Waals surface area contributed by atoms with Gasteiger partial charge in [-0.2, -0.15) is 11.3 Å². The number of carbonyl (C=O) groups is 2. The Labute approximate surface area is 157 Å². The summed E-state index contributed by atoms with van der Waals surface area (Å²) in [4.78, 5) is 27.6. The highest BCUT2D eigenvalue weighted by atomic mass is 32.1. The lowest BCUT2D eigenvalue weighted by Crippen LogP contribution is -2.50. The molecule has 0 aliphatic carbocycles. The summed E-state index contributed by atoms with van der Waals surface area (Å²) in [6, 6.07) is 5.21. The Bertz CT molecular complexity index is 667. The topological polar surface area (TPSA) is 61.4 Å². The van der Waals surface area contributed by atoms with Gasteiger partial charge in [-0.1, -0.05) is 19.9 Å². The van der Waals surface area contributed by atoms with Gasteiger partial charge in [-0.05, 0) is 53.8 Å². The van der Waals surface area contributed by atoms with Crippen LogP contribution in [0.3, 0.4) is 0 Å². The average Bonchev–Trinajstić information content (AvgIpc) is 3.25. The number of amides is 2. The van der Waals surface area contributed by atoms with Gasteiger partial charge in [0, 0.05) is 6.54 Å². The van der Waals surface area contributed by atoms with E-state index in [1.165, 1.54) is 16.9 Å². The third-order valence-electron chi connectivity index (χ3n) is 4.00. The average molecular weight is 380 g/mol. The van der Waals surface area contributed by atoms with E-state index >= 15 is 0 Å². The molecular weight excluding hydrogens is 354 g/mol. The molecule has 25 heavy (non-hydrogen) atoms. The Morgan fingerprint density at radius 3 is 2.48 bits per heavy atom. The lowest BCUT2D eigenvalue weighted by Gasteiger charge is -2.26. The molecule has 0 saturated heterocycles. The molecule has 0 spiro atoms. The van der Waals surface area contributed by atoms with Gasteiger partial charge in [0.1, 0.15) is 6.04 Å². The zero-order valence-electron chi connectivity index (χ0n) is 15.0. The van der Waals surface area contributed by atoms with Gasteiger partial charge in [0.05, 0.1) is 10.9 Å². The summed E-state index contributed by atoms with van der Waals surface area (Å²) >= 11 is 3.01. The normalized spacial score (nSPS) is 13.7. The largest absolute Gasteiger partial charge is 0.352 e. The van der Waals surface area contributed by atoms with E-state index in [9.17, 15) is 9.59 Å². The van der Waals surface area contributed by atoms with E-state index < -0.39 is 6.04 Å². The van der Waals surface area contributed by atoms with Crippen LogP contribution in [-0.4, -0.2) is 43.4 Å². The minimum atomic E-state index is -0.556. The maximum absolute atomic E-state index is 12.6. The van der Waals surface area contributed by atoms with Crippen LogP contribution >= 0.6 is 22.7 Å². The van der Waals surface area contributed by atoms with Gasteiger partial charge in [-0.3, -0.25) is 9.59 Å². The molecule has 0 saturated carbocycles. The highest BCUT2D eigenvalue weighted by Gasteiger charge is 2.26. The van der Waals surface area contributed by atoms with Crippen LogP contribution in [0.2, 0.25) is 0 Å². The fraction of sp³-hybridized carbons (Fsp3) is 0.444. The zero-order valence-corrected chi connectivity index (χ0v) is 16.6. The number of nitrogens with zero attached hydrogens (tertiary/aromatic N) is 1. The molecule has 0 bridgehead atoms. The lowest BCUT2D eigenvalue weighted by atomic mass is 10.0. The van der Waals surface area contributed by atoms with Gasteiger partial charge in [0.2, 0.25) is 5.91 Å². The number of rotatable bonds is 8. The first-order valence-electron chi connectivity index (χ1n) is 8.20. The minimum absolute atomic E-state index is 0.00265. The summed E-state index contributed by atoms with van der Waals surface area (Å²) in [6.07, 6.45) is 0. The minimum Gasteiger partial charge on any atom is -0.352 e. The first-order chi connectivity index (χ1) is 11.9. The summed E-state index contributed by atoms with van der Waals surface area (Å²) in [7, 11) is 3.99. The molecule has 2 amide bonds. The highest BCUT2D eigenvalue weighted by molar-refractivity contribution is 7.12. The van der Waals surface area contributed by atoms with Crippen LogP contribution in [0.1, 0.15) is 35.1 Å². The van der Waals surface area contributed by atoms with Crippen molar-refractivity contribution in [2.75, 3.05) is 20.6 Å². The number of thiophene rings is 2. The fourth-order valence-corrected chi connectivity index (χ4v) is 3.86. The standard InChI is InChI=1S/C18H25N3O2S2/c1-12(2)16(20-17(22)15-6-5-8-25-15)18(23)19-10-14(21(3)4)13-7-9-24-11-13/h5-9,11-12,14,16H,10H2,1-4H3,(H,19,23)(H,20,22). The van der Waals surface area contributed by atoms with Crippen LogP contribution in [0.5, 0.6) is 0 Å². The summed E-state index contributed by atoms with van der Waals surface area (Å²) in [5, 5.41) is 11.8. The monoisotopic (exact) mass is 379 g/mol. The molecule has 2 rings (SSSR count). The molecule has 2 unspecified atom stereocenters.